The first-order chi connectivity index (χ1) is 11.2. The Morgan fingerprint density at radius 1 is 1.32 bits per heavy atom. The molecule has 8 heteroatoms. The lowest BCUT2D eigenvalue weighted by Crippen LogP contribution is -2.50. The fourth-order valence-electron chi connectivity index (χ4n) is 2.36. The highest BCUT2D eigenvalue weighted by molar-refractivity contribution is 14.0. The zero-order valence-corrected chi connectivity index (χ0v) is 18.7. The summed E-state index contributed by atoms with van der Waals surface area (Å²) in [4.78, 5) is 16.2. The van der Waals surface area contributed by atoms with Gasteiger partial charge in [0.15, 0.2) is 5.96 Å². The lowest BCUT2D eigenvalue weighted by Gasteiger charge is -2.26. The highest BCUT2D eigenvalue weighted by Gasteiger charge is 2.22. The number of halogens is 1. The second-order valence-electron chi connectivity index (χ2n) is 7.47. The second-order valence-corrected chi connectivity index (χ2v) is 7.47. The fourth-order valence-corrected chi connectivity index (χ4v) is 2.36. The van der Waals surface area contributed by atoms with Gasteiger partial charge in [-0.25, -0.2) is 4.79 Å². The predicted octanol–water partition coefficient (Wildman–Crippen LogP) is 2.50. The Kier molecular flexibility index (Phi) is 11.4. The third kappa shape index (κ3) is 10.7. The van der Waals surface area contributed by atoms with Crippen LogP contribution in [-0.4, -0.2) is 56.5 Å². The van der Waals surface area contributed by atoms with E-state index in [1.54, 1.807) is 7.05 Å². The molecule has 1 amide bonds. The van der Waals surface area contributed by atoms with E-state index in [1.165, 1.54) is 0 Å². The topological polar surface area (TPSA) is 84.0 Å². The van der Waals surface area contributed by atoms with Crippen molar-refractivity contribution < 1.29 is 14.3 Å². The quantitative estimate of drug-likeness (QED) is 0.316. The van der Waals surface area contributed by atoms with Crippen LogP contribution in [0.2, 0.25) is 0 Å². The third-order valence-corrected chi connectivity index (χ3v) is 3.74. The van der Waals surface area contributed by atoms with Gasteiger partial charge in [-0.2, -0.15) is 0 Å². The van der Waals surface area contributed by atoms with E-state index in [-0.39, 0.29) is 42.0 Å². The number of carbonyl (C=O) groups excluding carboxylic acids is 1. The molecule has 0 radical (unpaired) electrons. The van der Waals surface area contributed by atoms with Gasteiger partial charge in [0.05, 0.1) is 12.1 Å². The minimum absolute atomic E-state index is 0. The molecule has 0 aliphatic carbocycles. The van der Waals surface area contributed by atoms with E-state index in [2.05, 4.69) is 34.8 Å². The number of carbonyl (C=O) groups is 1. The van der Waals surface area contributed by atoms with E-state index in [0.717, 1.165) is 26.0 Å². The van der Waals surface area contributed by atoms with Crippen LogP contribution < -0.4 is 16.0 Å². The minimum atomic E-state index is -0.502. The number of hydrogen-bond acceptors (Lipinski definition) is 4. The standard InChI is InChI=1S/C17H34N4O3.HI/c1-12(2)14(21-16(22)24-17(3,4)5)11-20-15(18-6)19-10-13-8-7-9-23-13;/h12-14H,7-11H2,1-6H3,(H,21,22)(H2,18,19,20);1H. The van der Waals surface area contributed by atoms with Gasteiger partial charge in [-0.3, -0.25) is 4.99 Å². The minimum Gasteiger partial charge on any atom is -0.444 e. The molecule has 1 fully saturated rings. The van der Waals surface area contributed by atoms with Crippen molar-refractivity contribution in [3.8, 4) is 0 Å². The first-order valence-corrected chi connectivity index (χ1v) is 8.77. The number of ether oxygens (including phenoxy) is 2. The van der Waals surface area contributed by atoms with Gasteiger partial charge in [0.2, 0.25) is 0 Å². The van der Waals surface area contributed by atoms with Crippen molar-refractivity contribution in [1.29, 1.82) is 0 Å². The van der Waals surface area contributed by atoms with Crippen LogP contribution in [0, 0.1) is 5.92 Å². The molecular formula is C17H35IN4O3. The molecule has 0 aromatic rings. The Labute approximate surface area is 169 Å². The molecule has 7 nitrogen and oxygen atoms in total. The van der Waals surface area contributed by atoms with Gasteiger partial charge in [-0.05, 0) is 39.5 Å². The number of amides is 1. The maximum absolute atomic E-state index is 12.0. The van der Waals surface area contributed by atoms with Crippen LogP contribution >= 0.6 is 24.0 Å². The average molecular weight is 470 g/mol. The van der Waals surface area contributed by atoms with Gasteiger partial charge in [-0.1, -0.05) is 13.8 Å². The van der Waals surface area contributed by atoms with Crippen molar-refractivity contribution in [2.45, 2.75) is 65.2 Å². The van der Waals surface area contributed by atoms with Gasteiger partial charge in [-0.15, -0.1) is 24.0 Å². The Morgan fingerprint density at radius 2 is 2.00 bits per heavy atom. The maximum Gasteiger partial charge on any atom is 0.407 e. The van der Waals surface area contributed by atoms with Crippen LogP contribution in [0.25, 0.3) is 0 Å². The summed E-state index contributed by atoms with van der Waals surface area (Å²) in [7, 11) is 1.73. The first-order valence-electron chi connectivity index (χ1n) is 8.77. The van der Waals surface area contributed by atoms with E-state index in [1.807, 2.05) is 20.8 Å². The van der Waals surface area contributed by atoms with Gasteiger partial charge >= 0.3 is 6.09 Å². The molecule has 1 aliphatic heterocycles. The molecule has 148 valence electrons. The lowest BCUT2D eigenvalue weighted by molar-refractivity contribution is 0.0491. The largest absolute Gasteiger partial charge is 0.444 e. The van der Waals surface area contributed by atoms with Crippen LogP contribution in [-0.2, 0) is 9.47 Å². The van der Waals surface area contributed by atoms with Crippen molar-refractivity contribution in [1.82, 2.24) is 16.0 Å². The molecule has 1 saturated heterocycles. The molecule has 0 spiro atoms. The summed E-state index contributed by atoms with van der Waals surface area (Å²) in [5, 5.41) is 9.44. The van der Waals surface area contributed by atoms with Crippen LogP contribution in [0.1, 0.15) is 47.5 Å². The number of aliphatic imine (C=N–C) groups is 1. The van der Waals surface area contributed by atoms with Crippen molar-refractivity contribution in [2.75, 3.05) is 26.7 Å². The zero-order chi connectivity index (χ0) is 18.2. The summed E-state index contributed by atoms with van der Waals surface area (Å²) in [5.41, 5.74) is -0.502. The van der Waals surface area contributed by atoms with E-state index in [4.69, 9.17) is 9.47 Å². The molecule has 0 bridgehead atoms. The highest BCUT2D eigenvalue weighted by atomic mass is 127. The van der Waals surface area contributed by atoms with Crippen molar-refractivity contribution in [2.24, 2.45) is 10.9 Å². The molecule has 0 aromatic heterocycles. The summed E-state index contributed by atoms with van der Waals surface area (Å²) in [6.07, 6.45) is 2.06. The highest BCUT2D eigenvalue weighted by Crippen LogP contribution is 2.10. The molecule has 3 N–H and O–H groups in total. The summed E-state index contributed by atoms with van der Waals surface area (Å²) in [6, 6.07) is -0.0545. The molecule has 1 heterocycles. The molecule has 1 rings (SSSR count). The average Bonchev–Trinajstić information content (AvgIpc) is 2.97. The first kappa shape index (κ1) is 24.2. The summed E-state index contributed by atoms with van der Waals surface area (Å²) in [5.74, 6) is 0.975. The normalized spacial score (nSPS) is 19.2. The maximum atomic E-state index is 12.0. The Bertz CT molecular complexity index is 419. The van der Waals surface area contributed by atoms with E-state index >= 15 is 0 Å². The number of guanidine groups is 1. The SMILES string of the molecule is CN=C(NCC1CCCO1)NCC(NC(=O)OC(C)(C)C)C(C)C.I. The van der Waals surface area contributed by atoms with Gasteiger partial charge in [0.1, 0.15) is 5.60 Å². The number of alkyl carbamates (subject to hydrolysis) is 1. The van der Waals surface area contributed by atoms with Gasteiger partial charge in [0.25, 0.3) is 0 Å². The van der Waals surface area contributed by atoms with Crippen LogP contribution in [0.4, 0.5) is 4.79 Å². The monoisotopic (exact) mass is 470 g/mol. The van der Waals surface area contributed by atoms with Gasteiger partial charge in [0, 0.05) is 26.7 Å². The van der Waals surface area contributed by atoms with Crippen LogP contribution in [0.15, 0.2) is 4.99 Å². The molecule has 2 atom stereocenters. The van der Waals surface area contributed by atoms with Crippen molar-refractivity contribution >= 4 is 36.0 Å². The molecule has 0 aromatic carbocycles. The molecule has 2 unspecified atom stereocenters. The summed E-state index contributed by atoms with van der Waals surface area (Å²) >= 11 is 0. The molecule has 1 aliphatic rings. The van der Waals surface area contributed by atoms with Gasteiger partial charge < -0.3 is 25.4 Å². The Morgan fingerprint density at radius 3 is 2.48 bits per heavy atom. The molecule has 25 heavy (non-hydrogen) atoms. The summed E-state index contributed by atoms with van der Waals surface area (Å²) < 4.78 is 10.9. The van der Waals surface area contributed by atoms with Crippen molar-refractivity contribution in [3.05, 3.63) is 0 Å². The van der Waals surface area contributed by atoms with E-state index < -0.39 is 11.7 Å². The van der Waals surface area contributed by atoms with Crippen LogP contribution in [0.5, 0.6) is 0 Å². The van der Waals surface area contributed by atoms with Crippen molar-refractivity contribution in [3.63, 3.8) is 0 Å². The Hall–Kier alpha value is -0.770. The number of nitrogens with one attached hydrogen (secondary N) is 3. The fraction of sp³-hybridized carbons (Fsp3) is 0.882. The predicted molar refractivity (Wildman–Crippen MR) is 112 cm³/mol. The third-order valence-electron chi connectivity index (χ3n) is 3.74. The zero-order valence-electron chi connectivity index (χ0n) is 16.3. The number of nitrogens with zero attached hydrogens (tertiary/aromatic N) is 1. The van der Waals surface area contributed by atoms with E-state index in [0.29, 0.717) is 12.5 Å². The van der Waals surface area contributed by atoms with Crippen LogP contribution in [0.3, 0.4) is 0 Å². The Balaban J connectivity index is 0.00000576. The smallest absolute Gasteiger partial charge is 0.407 e. The summed E-state index contributed by atoms with van der Waals surface area (Å²) in [6.45, 7) is 11.8. The molecular weight excluding hydrogens is 435 g/mol. The van der Waals surface area contributed by atoms with E-state index in [9.17, 15) is 4.79 Å². The number of rotatable bonds is 6. The lowest BCUT2D eigenvalue weighted by atomic mass is 10.0. The number of hydrogen-bond donors (Lipinski definition) is 3. The molecule has 0 saturated carbocycles. The second kappa shape index (κ2) is 11.8.